The molecular weight excluding hydrogens is 369 g/mol. The number of benzene rings is 2. The summed E-state index contributed by atoms with van der Waals surface area (Å²) in [5.74, 6) is 0.740. The van der Waals surface area contributed by atoms with Crippen molar-refractivity contribution in [2.75, 3.05) is 0 Å². The SMILES string of the molecule is Cc1cc(Oc2c(Cl)cc([N+](=O)[O-])cc2Cl)ccc1Br. The molecule has 0 atom stereocenters. The lowest BCUT2D eigenvalue weighted by molar-refractivity contribution is -0.384. The van der Waals surface area contributed by atoms with E-state index >= 15 is 0 Å². The van der Waals surface area contributed by atoms with Gasteiger partial charge in [0.1, 0.15) is 5.75 Å². The molecule has 104 valence electrons. The Kier molecular flexibility index (Phi) is 4.52. The number of ether oxygens (including phenoxy) is 1. The van der Waals surface area contributed by atoms with Gasteiger partial charge in [-0.15, -0.1) is 0 Å². The van der Waals surface area contributed by atoms with E-state index in [1.807, 2.05) is 13.0 Å². The number of rotatable bonds is 3. The Balaban J connectivity index is 2.38. The molecule has 0 saturated heterocycles. The van der Waals surface area contributed by atoms with Gasteiger partial charge in [0.15, 0.2) is 5.75 Å². The number of hydrogen-bond acceptors (Lipinski definition) is 3. The Bertz CT molecular complexity index is 668. The van der Waals surface area contributed by atoms with Crippen LogP contribution in [0.4, 0.5) is 5.69 Å². The van der Waals surface area contributed by atoms with E-state index in [4.69, 9.17) is 27.9 Å². The largest absolute Gasteiger partial charge is 0.454 e. The number of nitro benzene ring substituents is 1. The summed E-state index contributed by atoms with van der Waals surface area (Å²) < 4.78 is 6.55. The molecule has 0 spiro atoms. The van der Waals surface area contributed by atoms with E-state index in [1.165, 1.54) is 12.1 Å². The van der Waals surface area contributed by atoms with Gasteiger partial charge in [0.2, 0.25) is 0 Å². The standard InChI is InChI=1S/C13H8BrCl2NO3/c1-7-4-9(2-3-10(7)14)20-13-11(15)5-8(17(18)19)6-12(13)16/h2-6H,1H3. The van der Waals surface area contributed by atoms with E-state index in [-0.39, 0.29) is 21.5 Å². The molecule has 0 N–H and O–H groups in total. The number of nitro groups is 1. The van der Waals surface area contributed by atoms with Gasteiger partial charge in [0.05, 0.1) is 15.0 Å². The van der Waals surface area contributed by atoms with E-state index in [0.717, 1.165) is 10.0 Å². The lowest BCUT2D eigenvalue weighted by Gasteiger charge is -2.10. The van der Waals surface area contributed by atoms with Gasteiger partial charge >= 0.3 is 0 Å². The van der Waals surface area contributed by atoms with Crippen LogP contribution in [0.1, 0.15) is 5.56 Å². The van der Waals surface area contributed by atoms with Gasteiger partial charge in [-0.2, -0.15) is 0 Å². The first-order valence-electron chi connectivity index (χ1n) is 5.46. The van der Waals surface area contributed by atoms with Crippen LogP contribution in [0.2, 0.25) is 10.0 Å². The van der Waals surface area contributed by atoms with Crippen molar-refractivity contribution in [1.82, 2.24) is 0 Å². The number of non-ortho nitro benzene ring substituents is 1. The maximum absolute atomic E-state index is 10.7. The molecule has 0 aromatic heterocycles. The normalized spacial score (nSPS) is 10.4. The fraction of sp³-hybridized carbons (Fsp3) is 0.0769. The first-order valence-corrected chi connectivity index (χ1v) is 7.01. The van der Waals surface area contributed by atoms with Crippen LogP contribution in [0.15, 0.2) is 34.8 Å². The maximum atomic E-state index is 10.7. The van der Waals surface area contributed by atoms with Gasteiger partial charge in [0.25, 0.3) is 5.69 Å². The smallest absolute Gasteiger partial charge is 0.272 e. The van der Waals surface area contributed by atoms with Gasteiger partial charge in [-0.25, -0.2) is 0 Å². The van der Waals surface area contributed by atoms with Crippen LogP contribution >= 0.6 is 39.1 Å². The van der Waals surface area contributed by atoms with Gasteiger partial charge in [0, 0.05) is 16.6 Å². The van der Waals surface area contributed by atoms with E-state index < -0.39 is 4.92 Å². The van der Waals surface area contributed by atoms with Gasteiger partial charge in [-0.3, -0.25) is 10.1 Å². The predicted molar refractivity (Wildman–Crippen MR) is 82.1 cm³/mol. The fourth-order valence-corrected chi connectivity index (χ4v) is 2.35. The Morgan fingerprint density at radius 1 is 1.20 bits per heavy atom. The average molecular weight is 377 g/mol. The molecule has 0 unspecified atom stereocenters. The minimum absolute atomic E-state index is 0.0878. The lowest BCUT2D eigenvalue weighted by Crippen LogP contribution is -1.92. The molecule has 20 heavy (non-hydrogen) atoms. The van der Waals surface area contributed by atoms with Crippen LogP contribution in [0.5, 0.6) is 11.5 Å². The summed E-state index contributed by atoms with van der Waals surface area (Å²) in [6.45, 7) is 1.91. The number of hydrogen-bond donors (Lipinski definition) is 0. The zero-order valence-electron chi connectivity index (χ0n) is 10.2. The summed E-state index contributed by atoms with van der Waals surface area (Å²) >= 11 is 15.3. The Hall–Kier alpha value is -1.30. The summed E-state index contributed by atoms with van der Waals surface area (Å²) in [5.41, 5.74) is 0.802. The van der Waals surface area contributed by atoms with Crippen LogP contribution in [0.3, 0.4) is 0 Å². The molecule has 2 aromatic carbocycles. The number of nitrogens with zero attached hydrogens (tertiary/aromatic N) is 1. The Morgan fingerprint density at radius 3 is 2.30 bits per heavy atom. The van der Waals surface area contributed by atoms with E-state index in [1.54, 1.807) is 12.1 Å². The second-order valence-electron chi connectivity index (χ2n) is 4.01. The molecule has 0 radical (unpaired) electrons. The minimum atomic E-state index is -0.564. The van der Waals surface area contributed by atoms with Crippen LogP contribution in [0, 0.1) is 17.0 Å². The first kappa shape index (κ1) is 15.1. The molecule has 2 rings (SSSR count). The molecule has 0 heterocycles. The Labute approximate surface area is 133 Å². The average Bonchev–Trinajstić information content (AvgIpc) is 2.37. The molecular formula is C13H8BrCl2NO3. The summed E-state index contributed by atoms with van der Waals surface area (Å²) in [7, 11) is 0. The molecule has 0 aliphatic rings. The Morgan fingerprint density at radius 2 is 1.80 bits per heavy atom. The van der Waals surface area contributed by atoms with Crippen molar-refractivity contribution < 1.29 is 9.66 Å². The minimum Gasteiger partial charge on any atom is -0.454 e. The zero-order valence-corrected chi connectivity index (χ0v) is 13.3. The number of halogens is 3. The van der Waals surface area contributed by atoms with Crippen LogP contribution in [-0.2, 0) is 0 Å². The van der Waals surface area contributed by atoms with Crippen LogP contribution in [0.25, 0.3) is 0 Å². The molecule has 0 fully saturated rings. The molecule has 0 amide bonds. The second-order valence-corrected chi connectivity index (χ2v) is 5.68. The van der Waals surface area contributed by atoms with Crippen molar-refractivity contribution in [2.45, 2.75) is 6.92 Å². The van der Waals surface area contributed by atoms with Gasteiger partial charge in [-0.1, -0.05) is 39.1 Å². The van der Waals surface area contributed by atoms with Gasteiger partial charge in [-0.05, 0) is 30.7 Å². The van der Waals surface area contributed by atoms with Crippen LogP contribution < -0.4 is 4.74 Å². The molecule has 4 nitrogen and oxygen atoms in total. The van der Waals surface area contributed by atoms with Crippen molar-refractivity contribution in [1.29, 1.82) is 0 Å². The predicted octanol–water partition coefficient (Wildman–Crippen LogP) is 5.76. The summed E-state index contributed by atoms with van der Waals surface area (Å²) in [6, 6.07) is 7.78. The second kappa shape index (κ2) is 5.99. The van der Waals surface area contributed by atoms with Crippen molar-refractivity contribution in [2.24, 2.45) is 0 Å². The van der Waals surface area contributed by atoms with E-state index in [9.17, 15) is 10.1 Å². The van der Waals surface area contributed by atoms with Crippen LogP contribution in [-0.4, -0.2) is 4.92 Å². The molecule has 0 aliphatic carbocycles. The maximum Gasteiger partial charge on any atom is 0.272 e. The third-order valence-corrected chi connectivity index (χ3v) is 3.99. The molecule has 0 bridgehead atoms. The molecule has 0 aliphatic heterocycles. The van der Waals surface area contributed by atoms with E-state index in [2.05, 4.69) is 15.9 Å². The highest BCUT2D eigenvalue weighted by Gasteiger charge is 2.16. The van der Waals surface area contributed by atoms with Crippen molar-refractivity contribution in [3.05, 3.63) is 60.5 Å². The summed E-state index contributed by atoms with van der Waals surface area (Å²) in [6.07, 6.45) is 0. The van der Waals surface area contributed by atoms with Crippen molar-refractivity contribution >= 4 is 44.8 Å². The summed E-state index contributed by atoms with van der Waals surface area (Å²) in [5, 5.41) is 10.9. The number of aryl methyl sites for hydroxylation is 1. The topological polar surface area (TPSA) is 52.4 Å². The fourth-order valence-electron chi connectivity index (χ4n) is 1.55. The molecule has 0 saturated carbocycles. The monoisotopic (exact) mass is 375 g/mol. The first-order chi connectivity index (χ1) is 9.38. The van der Waals surface area contributed by atoms with Crippen molar-refractivity contribution in [3.8, 4) is 11.5 Å². The third-order valence-electron chi connectivity index (χ3n) is 2.54. The van der Waals surface area contributed by atoms with Crippen molar-refractivity contribution in [3.63, 3.8) is 0 Å². The molecule has 2 aromatic rings. The quantitative estimate of drug-likeness (QED) is 0.505. The van der Waals surface area contributed by atoms with Gasteiger partial charge < -0.3 is 4.74 Å². The highest BCUT2D eigenvalue weighted by Crippen LogP contribution is 2.39. The van der Waals surface area contributed by atoms with E-state index in [0.29, 0.717) is 5.75 Å². The third kappa shape index (κ3) is 3.23. The lowest BCUT2D eigenvalue weighted by atomic mass is 10.2. The highest BCUT2D eigenvalue weighted by atomic mass is 79.9. The zero-order chi connectivity index (χ0) is 14.9. The highest BCUT2D eigenvalue weighted by molar-refractivity contribution is 9.10. The molecule has 7 heteroatoms. The summed E-state index contributed by atoms with van der Waals surface area (Å²) in [4.78, 5) is 10.1.